The van der Waals surface area contributed by atoms with Crippen LogP contribution in [0.5, 0.6) is 0 Å². The first-order valence-corrected chi connectivity index (χ1v) is 6.42. The van der Waals surface area contributed by atoms with Crippen molar-refractivity contribution in [2.24, 2.45) is 0 Å². The number of aryl methyl sites for hydroxylation is 1. The van der Waals surface area contributed by atoms with Gasteiger partial charge in [0.05, 0.1) is 10.7 Å². The van der Waals surface area contributed by atoms with Crippen molar-refractivity contribution in [1.29, 1.82) is 0 Å². The molecule has 3 aromatic rings. The summed E-state index contributed by atoms with van der Waals surface area (Å²) in [6.07, 6.45) is 0. The van der Waals surface area contributed by atoms with E-state index in [0.717, 1.165) is 11.1 Å². The quantitative estimate of drug-likeness (QED) is 0.662. The Balaban J connectivity index is 2.23. The molecule has 0 amide bonds. The van der Waals surface area contributed by atoms with E-state index in [-0.39, 0.29) is 0 Å². The number of benzene rings is 2. The molecule has 0 saturated carbocycles. The summed E-state index contributed by atoms with van der Waals surface area (Å²) in [5, 5.41) is 1.11. The summed E-state index contributed by atoms with van der Waals surface area (Å²) in [5.41, 5.74) is 9.40. The Kier molecular flexibility index (Phi) is 2.88. The molecule has 0 atom stereocenters. The van der Waals surface area contributed by atoms with Gasteiger partial charge in [0.25, 0.3) is 0 Å². The van der Waals surface area contributed by atoms with Gasteiger partial charge < -0.3 is 10.2 Å². The van der Waals surface area contributed by atoms with Crippen LogP contribution in [0.1, 0.15) is 5.56 Å². The van der Waals surface area contributed by atoms with Crippen LogP contribution in [-0.2, 0) is 0 Å². The van der Waals surface area contributed by atoms with Gasteiger partial charge in [-0.25, -0.2) is 4.98 Å². The molecular weight excluding hydrogens is 283 g/mol. The van der Waals surface area contributed by atoms with E-state index in [4.69, 9.17) is 33.4 Å². The van der Waals surface area contributed by atoms with Gasteiger partial charge in [0.15, 0.2) is 5.58 Å². The minimum Gasteiger partial charge on any atom is -0.436 e. The first-order chi connectivity index (χ1) is 9.04. The number of nitrogens with zero attached hydrogens (tertiary/aromatic N) is 1. The average molecular weight is 293 g/mol. The molecule has 1 heterocycles. The fourth-order valence-electron chi connectivity index (χ4n) is 1.90. The Labute approximate surface area is 119 Å². The molecule has 0 aliphatic rings. The highest BCUT2D eigenvalue weighted by atomic mass is 35.5. The lowest BCUT2D eigenvalue weighted by molar-refractivity contribution is 0.619. The molecule has 2 aromatic carbocycles. The van der Waals surface area contributed by atoms with Crippen LogP contribution in [-0.4, -0.2) is 4.98 Å². The van der Waals surface area contributed by atoms with Crippen molar-refractivity contribution >= 4 is 40.0 Å². The van der Waals surface area contributed by atoms with E-state index in [1.807, 2.05) is 25.1 Å². The first-order valence-electron chi connectivity index (χ1n) is 5.66. The van der Waals surface area contributed by atoms with Crippen molar-refractivity contribution in [2.45, 2.75) is 6.92 Å². The molecule has 19 heavy (non-hydrogen) atoms. The predicted octanol–water partition coefficient (Wildman–Crippen LogP) is 4.69. The highest BCUT2D eigenvalue weighted by Gasteiger charge is 2.12. The molecule has 0 fully saturated rings. The van der Waals surface area contributed by atoms with Crippen molar-refractivity contribution in [2.75, 3.05) is 5.73 Å². The average Bonchev–Trinajstić information content (AvgIpc) is 2.75. The summed E-state index contributed by atoms with van der Waals surface area (Å²) >= 11 is 12.0. The van der Waals surface area contributed by atoms with Gasteiger partial charge in [-0.1, -0.05) is 29.3 Å². The Morgan fingerprint density at radius 1 is 1.16 bits per heavy atom. The number of nitrogen functional groups attached to an aromatic ring is 1. The van der Waals surface area contributed by atoms with Crippen LogP contribution < -0.4 is 5.73 Å². The van der Waals surface area contributed by atoms with Crippen LogP contribution in [0.15, 0.2) is 34.7 Å². The molecule has 0 unspecified atom stereocenters. The monoisotopic (exact) mass is 292 g/mol. The first kappa shape index (κ1) is 12.3. The van der Waals surface area contributed by atoms with E-state index in [2.05, 4.69) is 4.98 Å². The van der Waals surface area contributed by atoms with E-state index < -0.39 is 0 Å². The molecule has 0 aliphatic carbocycles. The number of halogens is 2. The number of nitrogens with two attached hydrogens (primary N) is 1. The van der Waals surface area contributed by atoms with Gasteiger partial charge in [-0.3, -0.25) is 0 Å². The van der Waals surface area contributed by atoms with Gasteiger partial charge in [-0.15, -0.1) is 0 Å². The SMILES string of the molecule is Cc1ccc(Cl)cc1-c1nc2cc(Cl)c(N)cc2o1. The van der Waals surface area contributed by atoms with Crippen molar-refractivity contribution in [3.05, 3.63) is 45.9 Å². The van der Waals surface area contributed by atoms with Gasteiger partial charge in [-0.2, -0.15) is 0 Å². The lowest BCUT2D eigenvalue weighted by atomic mass is 10.1. The van der Waals surface area contributed by atoms with E-state index in [1.54, 1.807) is 12.1 Å². The largest absolute Gasteiger partial charge is 0.436 e. The summed E-state index contributed by atoms with van der Waals surface area (Å²) in [5.74, 6) is 0.511. The third kappa shape index (κ3) is 2.15. The molecule has 5 heteroatoms. The summed E-state index contributed by atoms with van der Waals surface area (Å²) in [6, 6.07) is 8.95. The maximum absolute atomic E-state index is 6.01. The van der Waals surface area contributed by atoms with E-state index in [0.29, 0.717) is 32.7 Å². The fourth-order valence-corrected chi connectivity index (χ4v) is 2.23. The Bertz CT molecular complexity index is 741. The second-order valence-corrected chi connectivity index (χ2v) is 5.16. The standard InChI is InChI=1S/C14H10Cl2N2O/c1-7-2-3-8(15)4-9(7)14-18-12-5-10(16)11(17)6-13(12)19-14/h2-6H,17H2,1H3. The zero-order chi connectivity index (χ0) is 13.6. The van der Waals surface area contributed by atoms with Crippen LogP contribution in [0.3, 0.4) is 0 Å². The number of anilines is 1. The van der Waals surface area contributed by atoms with Crippen molar-refractivity contribution < 1.29 is 4.42 Å². The molecule has 0 aliphatic heterocycles. The number of hydrogen-bond acceptors (Lipinski definition) is 3. The number of fused-ring (bicyclic) bond motifs is 1. The summed E-state index contributed by atoms with van der Waals surface area (Å²) < 4.78 is 5.72. The summed E-state index contributed by atoms with van der Waals surface area (Å²) in [4.78, 5) is 4.42. The molecular formula is C14H10Cl2N2O. The van der Waals surface area contributed by atoms with E-state index in [1.165, 1.54) is 0 Å². The maximum Gasteiger partial charge on any atom is 0.227 e. The van der Waals surface area contributed by atoms with Gasteiger partial charge in [0.2, 0.25) is 5.89 Å². The van der Waals surface area contributed by atoms with Crippen LogP contribution in [0.2, 0.25) is 10.0 Å². The highest BCUT2D eigenvalue weighted by Crippen LogP contribution is 2.32. The van der Waals surface area contributed by atoms with E-state index >= 15 is 0 Å². The van der Waals surface area contributed by atoms with Crippen molar-refractivity contribution in [3.63, 3.8) is 0 Å². The summed E-state index contributed by atoms with van der Waals surface area (Å²) in [7, 11) is 0. The van der Waals surface area contributed by atoms with Crippen molar-refractivity contribution in [3.8, 4) is 11.5 Å². The van der Waals surface area contributed by atoms with Crippen molar-refractivity contribution in [1.82, 2.24) is 4.98 Å². The maximum atomic E-state index is 6.01. The summed E-state index contributed by atoms with van der Waals surface area (Å²) in [6.45, 7) is 1.97. The normalized spacial score (nSPS) is 11.1. The van der Waals surface area contributed by atoms with Gasteiger partial charge in [0, 0.05) is 16.7 Å². The number of oxazole rings is 1. The van der Waals surface area contributed by atoms with E-state index in [9.17, 15) is 0 Å². The van der Waals surface area contributed by atoms with Gasteiger partial charge in [-0.05, 0) is 30.7 Å². The second kappa shape index (κ2) is 4.44. The van der Waals surface area contributed by atoms with Gasteiger partial charge in [0.1, 0.15) is 5.52 Å². The topological polar surface area (TPSA) is 52.0 Å². The molecule has 3 nitrogen and oxygen atoms in total. The van der Waals surface area contributed by atoms with Crippen LogP contribution in [0, 0.1) is 6.92 Å². The zero-order valence-electron chi connectivity index (χ0n) is 10.1. The molecule has 3 rings (SSSR count). The Morgan fingerprint density at radius 2 is 1.95 bits per heavy atom. The third-order valence-corrected chi connectivity index (χ3v) is 3.50. The Hall–Kier alpha value is -1.71. The smallest absolute Gasteiger partial charge is 0.227 e. The molecule has 0 bridgehead atoms. The molecule has 96 valence electrons. The molecule has 0 saturated heterocycles. The van der Waals surface area contributed by atoms with Crippen LogP contribution in [0.4, 0.5) is 5.69 Å². The van der Waals surface area contributed by atoms with Gasteiger partial charge >= 0.3 is 0 Å². The van der Waals surface area contributed by atoms with Crippen LogP contribution >= 0.6 is 23.2 Å². The molecule has 0 radical (unpaired) electrons. The lowest BCUT2D eigenvalue weighted by Crippen LogP contribution is -1.84. The molecule has 0 spiro atoms. The number of rotatable bonds is 1. The Morgan fingerprint density at radius 3 is 2.74 bits per heavy atom. The molecule has 1 aromatic heterocycles. The highest BCUT2D eigenvalue weighted by molar-refractivity contribution is 6.33. The minimum absolute atomic E-state index is 0.468. The molecule has 2 N–H and O–H groups in total. The predicted molar refractivity (Wildman–Crippen MR) is 78.6 cm³/mol. The second-order valence-electron chi connectivity index (χ2n) is 4.32. The third-order valence-electron chi connectivity index (χ3n) is 2.94. The van der Waals surface area contributed by atoms with Crippen LogP contribution in [0.25, 0.3) is 22.6 Å². The lowest BCUT2D eigenvalue weighted by Gasteiger charge is -2.01. The fraction of sp³-hybridized carbons (Fsp3) is 0.0714. The minimum atomic E-state index is 0.468. The number of hydrogen-bond donors (Lipinski definition) is 1. The zero-order valence-corrected chi connectivity index (χ0v) is 11.6. The number of aromatic nitrogens is 1.